The summed E-state index contributed by atoms with van der Waals surface area (Å²) in [5.41, 5.74) is 0. The van der Waals surface area contributed by atoms with E-state index in [1.54, 1.807) is 4.31 Å². The van der Waals surface area contributed by atoms with Gasteiger partial charge in [0.25, 0.3) is 0 Å². The Labute approximate surface area is 74.8 Å². The summed E-state index contributed by atoms with van der Waals surface area (Å²) in [7, 11) is -2.97. The van der Waals surface area contributed by atoms with Gasteiger partial charge in [-0.25, -0.2) is 8.42 Å². The second-order valence-corrected chi connectivity index (χ2v) is 5.80. The minimum Gasteiger partial charge on any atom is -0.212 e. The van der Waals surface area contributed by atoms with Crippen molar-refractivity contribution >= 4 is 10.0 Å². The number of hydrogen-bond acceptors (Lipinski definition) is 2. The van der Waals surface area contributed by atoms with E-state index >= 15 is 0 Å². The van der Waals surface area contributed by atoms with Crippen molar-refractivity contribution in [2.24, 2.45) is 5.92 Å². The predicted octanol–water partition coefficient (Wildman–Crippen LogP) is 1.07. The van der Waals surface area contributed by atoms with Gasteiger partial charge < -0.3 is 0 Å². The zero-order valence-electron chi connectivity index (χ0n) is 7.95. The fourth-order valence-corrected chi connectivity index (χ4v) is 2.99. The topological polar surface area (TPSA) is 37.4 Å². The molecule has 3 nitrogen and oxygen atoms in total. The van der Waals surface area contributed by atoms with E-state index in [-0.39, 0.29) is 6.04 Å². The standard InChI is InChI=1S/C8H17NO2S/c1-7-4-5-8(2)9(6-7)12(3,10)11/h7-8H,4-6H2,1-3H3/t7-,8+/m0/s1. The number of rotatable bonds is 1. The molecule has 0 spiro atoms. The van der Waals surface area contributed by atoms with Crippen molar-refractivity contribution in [2.45, 2.75) is 32.7 Å². The van der Waals surface area contributed by atoms with Crippen LogP contribution in [0, 0.1) is 5.92 Å². The van der Waals surface area contributed by atoms with Crippen molar-refractivity contribution in [3.05, 3.63) is 0 Å². The molecule has 0 unspecified atom stereocenters. The highest BCUT2D eigenvalue weighted by Gasteiger charge is 2.28. The van der Waals surface area contributed by atoms with Gasteiger partial charge in [0.15, 0.2) is 0 Å². The first-order valence-corrected chi connectivity index (χ1v) is 6.23. The van der Waals surface area contributed by atoms with Crippen LogP contribution in [0.25, 0.3) is 0 Å². The lowest BCUT2D eigenvalue weighted by molar-refractivity contribution is 0.219. The Morgan fingerprint density at radius 1 is 1.25 bits per heavy atom. The molecular formula is C8H17NO2S. The van der Waals surface area contributed by atoms with Gasteiger partial charge in [0.2, 0.25) is 10.0 Å². The normalized spacial score (nSPS) is 33.6. The smallest absolute Gasteiger partial charge is 0.211 e. The summed E-state index contributed by atoms with van der Waals surface area (Å²) in [5.74, 6) is 0.510. The number of piperidine rings is 1. The summed E-state index contributed by atoms with van der Waals surface area (Å²) in [5, 5.41) is 0. The van der Waals surface area contributed by atoms with E-state index in [4.69, 9.17) is 0 Å². The average Bonchev–Trinajstić information content (AvgIpc) is 1.92. The first-order valence-electron chi connectivity index (χ1n) is 4.38. The van der Waals surface area contributed by atoms with Gasteiger partial charge in [0, 0.05) is 12.6 Å². The van der Waals surface area contributed by atoms with Crippen LogP contribution in [0.1, 0.15) is 26.7 Å². The molecule has 4 heteroatoms. The first-order chi connectivity index (χ1) is 5.41. The molecule has 1 saturated heterocycles. The van der Waals surface area contributed by atoms with Crippen LogP contribution in [-0.4, -0.2) is 31.6 Å². The second kappa shape index (κ2) is 3.34. The van der Waals surface area contributed by atoms with Crippen molar-refractivity contribution in [1.29, 1.82) is 0 Å². The molecule has 12 heavy (non-hydrogen) atoms. The van der Waals surface area contributed by atoms with Gasteiger partial charge in [-0.1, -0.05) is 6.92 Å². The summed E-state index contributed by atoms with van der Waals surface area (Å²) >= 11 is 0. The Morgan fingerprint density at radius 3 is 2.25 bits per heavy atom. The zero-order valence-corrected chi connectivity index (χ0v) is 8.76. The number of hydrogen-bond donors (Lipinski definition) is 0. The molecule has 1 aliphatic heterocycles. The molecule has 0 radical (unpaired) electrons. The molecule has 72 valence electrons. The highest BCUT2D eigenvalue weighted by atomic mass is 32.2. The van der Waals surface area contributed by atoms with Crippen LogP contribution in [0.2, 0.25) is 0 Å². The molecule has 0 N–H and O–H groups in total. The third-order valence-corrected chi connectivity index (χ3v) is 3.85. The molecule has 0 aliphatic carbocycles. The van der Waals surface area contributed by atoms with Gasteiger partial charge in [-0.05, 0) is 25.7 Å². The van der Waals surface area contributed by atoms with Gasteiger partial charge in [0.05, 0.1) is 6.26 Å². The van der Waals surface area contributed by atoms with Crippen molar-refractivity contribution < 1.29 is 8.42 Å². The maximum Gasteiger partial charge on any atom is 0.211 e. The summed E-state index contributed by atoms with van der Waals surface area (Å²) in [6.07, 6.45) is 3.43. The zero-order chi connectivity index (χ0) is 9.35. The summed E-state index contributed by atoms with van der Waals surface area (Å²) < 4.78 is 24.1. The Morgan fingerprint density at radius 2 is 1.83 bits per heavy atom. The Balaban J connectivity index is 2.74. The molecule has 0 aromatic carbocycles. The van der Waals surface area contributed by atoms with E-state index in [9.17, 15) is 8.42 Å². The van der Waals surface area contributed by atoms with Crippen molar-refractivity contribution in [3.63, 3.8) is 0 Å². The Bertz CT molecular complexity index is 248. The molecule has 0 bridgehead atoms. The molecule has 1 fully saturated rings. The lowest BCUT2D eigenvalue weighted by Gasteiger charge is -2.34. The minimum atomic E-state index is -2.97. The first kappa shape index (κ1) is 9.99. The van der Waals surface area contributed by atoms with Crippen LogP contribution in [0.4, 0.5) is 0 Å². The van der Waals surface area contributed by atoms with Crippen LogP contribution in [0.15, 0.2) is 0 Å². The maximum absolute atomic E-state index is 11.3. The SMILES string of the molecule is C[C@H]1CC[C@@H](C)N(S(C)(=O)=O)C1. The van der Waals surface area contributed by atoms with E-state index < -0.39 is 10.0 Å². The van der Waals surface area contributed by atoms with Crippen LogP contribution in [0.3, 0.4) is 0 Å². The highest BCUT2D eigenvalue weighted by Crippen LogP contribution is 2.23. The van der Waals surface area contributed by atoms with Crippen LogP contribution < -0.4 is 0 Å². The molecule has 0 aromatic heterocycles. The summed E-state index contributed by atoms with van der Waals surface area (Å²) in [4.78, 5) is 0. The number of sulfonamides is 1. The molecule has 0 aromatic rings. The van der Waals surface area contributed by atoms with Gasteiger partial charge >= 0.3 is 0 Å². The molecule has 1 rings (SSSR count). The lowest BCUT2D eigenvalue weighted by atomic mass is 9.97. The van der Waals surface area contributed by atoms with Gasteiger partial charge in [-0.3, -0.25) is 0 Å². The maximum atomic E-state index is 11.3. The van der Waals surface area contributed by atoms with Crippen molar-refractivity contribution in [1.82, 2.24) is 4.31 Å². The average molecular weight is 191 g/mol. The Hall–Kier alpha value is -0.0900. The molecule has 0 amide bonds. The van der Waals surface area contributed by atoms with Crippen LogP contribution >= 0.6 is 0 Å². The van der Waals surface area contributed by atoms with Crippen molar-refractivity contribution in [2.75, 3.05) is 12.8 Å². The summed E-state index contributed by atoms with van der Waals surface area (Å²) in [6.45, 7) is 4.77. The molecule has 0 saturated carbocycles. The van der Waals surface area contributed by atoms with E-state index in [2.05, 4.69) is 6.92 Å². The minimum absolute atomic E-state index is 0.191. The largest absolute Gasteiger partial charge is 0.212 e. The van der Waals surface area contributed by atoms with Crippen LogP contribution in [0.5, 0.6) is 0 Å². The van der Waals surface area contributed by atoms with Gasteiger partial charge in [-0.15, -0.1) is 0 Å². The van der Waals surface area contributed by atoms with Gasteiger partial charge in [-0.2, -0.15) is 4.31 Å². The molecule has 1 aliphatic rings. The Kier molecular flexibility index (Phi) is 2.78. The fraction of sp³-hybridized carbons (Fsp3) is 1.00. The quantitative estimate of drug-likeness (QED) is 0.621. The lowest BCUT2D eigenvalue weighted by Crippen LogP contribution is -2.44. The second-order valence-electron chi connectivity index (χ2n) is 3.86. The fourth-order valence-electron chi connectivity index (χ4n) is 1.71. The van der Waals surface area contributed by atoms with Crippen LogP contribution in [-0.2, 0) is 10.0 Å². The van der Waals surface area contributed by atoms with E-state index in [1.165, 1.54) is 6.26 Å². The molecule has 2 atom stereocenters. The molecular weight excluding hydrogens is 174 g/mol. The van der Waals surface area contributed by atoms with Crippen molar-refractivity contribution in [3.8, 4) is 0 Å². The number of nitrogens with zero attached hydrogens (tertiary/aromatic N) is 1. The molecule has 1 heterocycles. The third-order valence-electron chi connectivity index (χ3n) is 2.49. The van der Waals surface area contributed by atoms with E-state index in [0.29, 0.717) is 12.5 Å². The highest BCUT2D eigenvalue weighted by molar-refractivity contribution is 7.88. The predicted molar refractivity (Wildman–Crippen MR) is 49.4 cm³/mol. The van der Waals surface area contributed by atoms with E-state index in [0.717, 1.165) is 12.8 Å². The van der Waals surface area contributed by atoms with E-state index in [1.807, 2.05) is 6.92 Å². The third kappa shape index (κ3) is 2.20. The summed E-state index contributed by atoms with van der Waals surface area (Å²) in [6, 6.07) is 0.191. The monoisotopic (exact) mass is 191 g/mol. The van der Waals surface area contributed by atoms with Gasteiger partial charge in [0.1, 0.15) is 0 Å².